The van der Waals surface area contributed by atoms with E-state index in [1.54, 1.807) is 40.7 Å². The van der Waals surface area contributed by atoms with E-state index in [1.165, 1.54) is 32.6 Å². The summed E-state index contributed by atoms with van der Waals surface area (Å²) in [5.74, 6) is -7.30. The van der Waals surface area contributed by atoms with E-state index in [9.17, 15) is 29.4 Å². The zero-order valence-corrected chi connectivity index (χ0v) is 26.9. The van der Waals surface area contributed by atoms with Gasteiger partial charge in [0.05, 0.1) is 25.6 Å². The van der Waals surface area contributed by atoms with Gasteiger partial charge in [-0.2, -0.15) is 0 Å². The van der Waals surface area contributed by atoms with Gasteiger partial charge in [0.2, 0.25) is 5.79 Å². The number of hydrogen-bond donors (Lipinski definition) is 2. The number of carbonyl (C=O) groups excluding carboxylic acids is 4. The van der Waals surface area contributed by atoms with Crippen molar-refractivity contribution in [1.82, 2.24) is 0 Å². The van der Waals surface area contributed by atoms with Crippen LogP contribution in [0.3, 0.4) is 0 Å². The molecule has 45 heavy (non-hydrogen) atoms. The Balaban J connectivity index is 1.67. The molecule has 0 radical (unpaired) electrons. The lowest BCUT2D eigenvalue weighted by atomic mass is 9.36. The van der Waals surface area contributed by atoms with E-state index >= 15 is 0 Å². The monoisotopic (exact) mass is 630 g/mol. The highest BCUT2D eigenvalue weighted by Gasteiger charge is 2.96. The Morgan fingerprint density at radius 3 is 2.36 bits per heavy atom. The molecule has 2 N–H and O–H groups in total. The molecule has 2 aliphatic carbocycles. The third-order valence-corrected chi connectivity index (χ3v) is 11.8. The predicted octanol–water partition coefficient (Wildman–Crippen LogP) is 3.15. The van der Waals surface area contributed by atoms with E-state index in [-0.39, 0.29) is 6.42 Å². The number of fused-ring (bicyclic) bond motifs is 2. The highest BCUT2D eigenvalue weighted by molar-refractivity contribution is 5.86. The van der Waals surface area contributed by atoms with Gasteiger partial charge < -0.3 is 38.3 Å². The van der Waals surface area contributed by atoms with Crippen molar-refractivity contribution < 1.29 is 57.5 Å². The summed E-state index contributed by atoms with van der Waals surface area (Å²) in [6.07, 6.45) is 0.927. The quantitative estimate of drug-likeness (QED) is 0.349. The predicted molar refractivity (Wildman–Crippen MR) is 152 cm³/mol. The minimum Gasteiger partial charge on any atom is -0.472 e. The first-order chi connectivity index (χ1) is 20.9. The first kappa shape index (κ1) is 31.7. The molecule has 6 rings (SSSR count). The van der Waals surface area contributed by atoms with Crippen molar-refractivity contribution in [1.29, 1.82) is 0 Å². The zero-order chi connectivity index (χ0) is 33.1. The molecule has 246 valence electrons. The lowest BCUT2D eigenvalue weighted by molar-refractivity contribution is -0.385. The van der Waals surface area contributed by atoms with Crippen LogP contribution in [0.4, 0.5) is 0 Å². The number of rotatable bonds is 6. The standard InChI is InChI=1S/C33H42O12/c1-16(2)25(37)44-27-31-19(9-11-29(6)21(31)14-23(36)43-24(29)18-10-12-41-15-18)30(7)20(13-22(35)40-8)28(4,5)26(42-17(3)34)32(27,38)33(30,39)45-31/h10,12,14-16,19-20,24,26-27,38-39H,9,11,13H2,1-8H3/t19?,20-,24-,26-,27-,29+,30+,31+,32-,33-/m0/s1. The van der Waals surface area contributed by atoms with Gasteiger partial charge in [-0.1, -0.05) is 41.5 Å². The molecule has 2 bridgehead atoms. The van der Waals surface area contributed by atoms with Gasteiger partial charge in [-0.25, -0.2) is 4.79 Å². The summed E-state index contributed by atoms with van der Waals surface area (Å²) in [4.78, 5) is 52.5. The Kier molecular flexibility index (Phi) is 6.81. The summed E-state index contributed by atoms with van der Waals surface area (Å²) in [6, 6.07) is 1.70. The van der Waals surface area contributed by atoms with Gasteiger partial charge in [0, 0.05) is 47.1 Å². The third kappa shape index (κ3) is 3.64. The molecular formula is C33H42O12. The fourth-order valence-electron chi connectivity index (χ4n) is 9.97. The zero-order valence-electron chi connectivity index (χ0n) is 26.9. The summed E-state index contributed by atoms with van der Waals surface area (Å²) in [5.41, 5.74) is -6.87. The topological polar surface area (TPSA) is 168 Å². The molecule has 2 saturated carbocycles. The van der Waals surface area contributed by atoms with E-state index in [0.29, 0.717) is 24.0 Å². The summed E-state index contributed by atoms with van der Waals surface area (Å²) >= 11 is 0. The molecule has 1 unspecified atom stereocenters. The second-order valence-corrected chi connectivity index (χ2v) is 14.7. The smallest absolute Gasteiger partial charge is 0.331 e. The van der Waals surface area contributed by atoms with Crippen LogP contribution in [-0.2, 0) is 42.9 Å². The Hall–Kier alpha value is -3.22. The van der Waals surface area contributed by atoms with Crippen LogP contribution in [0.5, 0.6) is 0 Å². The van der Waals surface area contributed by atoms with Crippen LogP contribution in [0.2, 0.25) is 0 Å². The van der Waals surface area contributed by atoms with E-state index in [2.05, 4.69) is 0 Å². The Morgan fingerprint density at radius 1 is 1.09 bits per heavy atom. The second-order valence-electron chi connectivity index (χ2n) is 14.7. The summed E-state index contributed by atoms with van der Waals surface area (Å²) in [5, 5.41) is 26.1. The highest BCUT2D eigenvalue weighted by atomic mass is 16.7. The van der Waals surface area contributed by atoms with Crippen molar-refractivity contribution in [2.45, 2.75) is 103 Å². The Morgan fingerprint density at radius 2 is 1.78 bits per heavy atom. The second kappa shape index (κ2) is 9.65. The van der Waals surface area contributed by atoms with Crippen LogP contribution in [0.1, 0.15) is 79.4 Å². The molecule has 1 spiro atoms. The van der Waals surface area contributed by atoms with Crippen molar-refractivity contribution in [3.8, 4) is 0 Å². The van der Waals surface area contributed by atoms with Gasteiger partial charge >= 0.3 is 23.9 Å². The molecule has 2 saturated heterocycles. The minimum absolute atomic E-state index is 0.196. The largest absolute Gasteiger partial charge is 0.472 e. The summed E-state index contributed by atoms with van der Waals surface area (Å²) in [6.45, 7) is 11.6. The number of esters is 4. The maximum Gasteiger partial charge on any atom is 0.331 e. The van der Waals surface area contributed by atoms with Crippen LogP contribution in [0, 0.1) is 34.0 Å². The van der Waals surface area contributed by atoms with Crippen molar-refractivity contribution in [3.05, 3.63) is 35.8 Å². The van der Waals surface area contributed by atoms with Crippen LogP contribution in [0.15, 0.2) is 34.7 Å². The summed E-state index contributed by atoms with van der Waals surface area (Å²) in [7, 11) is 1.26. The summed E-state index contributed by atoms with van der Waals surface area (Å²) < 4.78 is 35.2. The molecule has 1 aromatic heterocycles. The van der Waals surface area contributed by atoms with Crippen LogP contribution < -0.4 is 0 Å². The molecule has 0 amide bonds. The number of furan rings is 1. The maximum absolute atomic E-state index is 13.5. The number of hydrogen-bond acceptors (Lipinski definition) is 12. The van der Waals surface area contributed by atoms with Gasteiger partial charge in [-0.3, -0.25) is 14.4 Å². The molecule has 4 fully saturated rings. The van der Waals surface area contributed by atoms with Crippen molar-refractivity contribution in [3.63, 3.8) is 0 Å². The number of ether oxygens (including phenoxy) is 5. The van der Waals surface area contributed by atoms with E-state index in [4.69, 9.17) is 28.1 Å². The number of carbonyl (C=O) groups is 4. The molecule has 12 heteroatoms. The normalized spacial score (nSPS) is 43.9. The average Bonchev–Trinajstić information content (AvgIpc) is 3.61. The number of methoxy groups -OCH3 is 1. The first-order valence-corrected chi connectivity index (χ1v) is 15.4. The van der Waals surface area contributed by atoms with Gasteiger partial charge in [-0.15, -0.1) is 0 Å². The van der Waals surface area contributed by atoms with E-state index in [1.807, 2.05) is 6.92 Å². The Labute approximate surface area is 261 Å². The maximum atomic E-state index is 13.5. The first-order valence-electron chi connectivity index (χ1n) is 15.4. The lowest BCUT2D eigenvalue weighted by Crippen LogP contribution is -2.84. The molecule has 1 aromatic rings. The lowest BCUT2D eigenvalue weighted by Gasteiger charge is -2.69. The molecule has 5 aliphatic rings. The average molecular weight is 631 g/mol. The van der Waals surface area contributed by atoms with Gasteiger partial charge in [0.25, 0.3) is 0 Å². The molecular weight excluding hydrogens is 588 g/mol. The highest BCUT2D eigenvalue weighted by Crippen LogP contribution is 2.82. The fraction of sp³-hybridized carbons (Fsp3) is 0.697. The van der Waals surface area contributed by atoms with Gasteiger partial charge in [0.15, 0.2) is 11.7 Å². The van der Waals surface area contributed by atoms with Crippen LogP contribution >= 0.6 is 0 Å². The number of aliphatic hydroxyl groups is 2. The molecule has 3 aliphatic heterocycles. The van der Waals surface area contributed by atoms with Crippen molar-refractivity contribution in [2.75, 3.05) is 7.11 Å². The fourth-order valence-corrected chi connectivity index (χ4v) is 9.97. The third-order valence-electron chi connectivity index (χ3n) is 11.8. The molecule has 0 aromatic carbocycles. The van der Waals surface area contributed by atoms with Crippen LogP contribution in [0.25, 0.3) is 0 Å². The van der Waals surface area contributed by atoms with E-state index in [0.717, 1.165) is 0 Å². The van der Waals surface area contributed by atoms with Gasteiger partial charge in [-0.05, 0) is 30.4 Å². The van der Waals surface area contributed by atoms with Crippen LogP contribution in [-0.4, -0.2) is 70.4 Å². The SMILES string of the molecule is COC(=O)C[C@H]1C(C)(C)[C@H](OC(C)=O)[C@]2(O)[C@@H](OC(=O)C(C)C)[C@@]34O[C@@]2(O)[C@]1(C)C3CC[C@]1(C)C4=CC(=O)O[C@H]1c1ccoc1. The Bertz CT molecular complexity index is 1480. The van der Waals surface area contributed by atoms with Gasteiger partial charge in [0.1, 0.15) is 17.8 Å². The van der Waals surface area contributed by atoms with Crippen molar-refractivity contribution >= 4 is 23.9 Å². The van der Waals surface area contributed by atoms with Crippen molar-refractivity contribution in [2.24, 2.45) is 34.0 Å². The molecule has 4 heterocycles. The number of cyclic esters (lactones) is 1. The minimum atomic E-state index is -2.53. The molecule has 10 atom stereocenters. The molecule has 12 nitrogen and oxygen atoms in total. The van der Waals surface area contributed by atoms with E-state index < -0.39 is 93.2 Å².